The van der Waals surface area contributed by atoms with Gasteiger partial charge >= 0.3 is 11.9 Å². The van der Waals surface area contributed by atoms with Crippen molar-refractivity contribution in [2.24, 2.45) is 0 Å². The molecule has 1 N–H and O–H groups in total. The van der Waals surface area contributed by atoms with Crippen LogP contribution in [0.15, 0.2) is 30.3 Å². The molecule has 0 fully saturated rings. The summed E-state index contributed by atoms with van der Waals surface area (Å²) in [6, 6.07) is 6.96. The number of anilines is 1. The second-order valence-corrected chi connectivity index (χ2v) is 7.95. The van der Waals surface area contributed by atoms with Gasteiger partial charge in [-0.2, -0.15) is 0 Å². The first-order valence-electron chi connectivity index (χ1n) is 9.72. The minimum atomic E-state index is -0.674. The Morgan fingerprint density at radius 2 is 1.94 bits per heavy atom. The molecular formula is C22H23NO7S. The van der Waals surface area contributed by atoms with E-state index < -0.39 is 24.5 Å². The molecule has 1 amide bonds. The van der Waals surface area contributed by atoms with Crippen LogP contribution in [0.1, 0.15) is 47.5 Å². The molecule has 9 heteroatoms. The molecule has 3 rings (SSSR count). The molecule has 2 heterocycles. The molecule has 1 aliphatic rings. The molecule has 1 aliphatic heterocycles. The first-order valence-corrected chi connectivity index (χ1v) is 10.5. The van der Waals surface area contributed by atoms with Crippen LogP contribution in [0.4, 0.5) is 5.00 Å². The van der Waals surface area contributed by atoms with Crippen LogP contribution in [0.2, 0.25) is 0 Å². The average molecular weight is 445 g/mol. The minimum absolute atomic E-state index is 0.167. The number of amides is 1. The summed E-state index contributed by atoms with van der Waals surface area (Å²) in [5, 5.41) is 3.00. The lowest BCUT2D eigenvalue weighted by Gasteiger charge is -2.06. The standard InChI is InChI=1S/C22H23NO7S/c1-4-27-22(26)15-10-18(13(2)3)31-21(15)23-19(24)11-28-20(25)8-6-14-5-7-16-17(9-14)30-12-29-16/h5-10,13H,4,11-12H2,1-3H3,(H,23,24). The van der Waals surface area contributed by atoms with Gasteiger partial charge in [0.2, 0.25) is 6.79 Å². The number of hydrogen-bond donors (Lipinski definition) is 1. The zero-order chi connectivity index (χ0) is 22.4. The van der Waals surface area contributed by atoms with Crippen molar-refractivity contribution in [2.75, 3.05) is 25.3 Å². The average Bonchev–Trinajstić information content (AvgIpc) is 3.37. The Balaban J connectivity index is 1.56. The van der Waals surface area contributed by atoms with E-state index in [1.165, 1.54) is 17.4 Å². The predicted molar refractivity (Wildman–Crippen MR) is 116 cm³/mol. The first kappa shape index (κ1) is 22.4. The Kier molecular flexibility index (Phi) is 7.30. The lowest BCUT2D eigenvalue weighted by atomic mass is 10.1. The molecule has 31 heavy (non-hydrogen) atoms. The number of esters is 2. The SMILES string of the molecule is CCOC(=O)c1cc(C(C)C)sc1NC(=O)COC(=O)C=Cc1ccc2c(c1)OCO2. The summed E-state index contributed by atoms with van der Waals surface area (Å²) in [5.41, 5.74) is 1.02. The monoisotopic (exact) mass is 445 g/mol. The number of carbonyl (C=O) groups excluding carboxylic acids is 3. The van der Waals surface area contributed by atoms with Gasteiger partial charge in [0, 0.05) is 11.0 Å². The van der Waals surface area contributed by atoms with E-state index in [2.05, 4.69) is 5.32 Å². The normalized spacial score (nSPS) is 12.3. The second kappa shape index (κ2) is 10.1. The lowest BCUT2D eigenvalue weighted by molar-refractivity contribution is -0.142. The summed E-state index contributed by atoms with van der Waals surface area (Å²) >= 11 is 1.29. The highest BCUT2D eigenvalue weighted by Gasteiger charge is 2.20. The third-order valence-corrected chi connectivity index (χ3v) is 5.57. The molecule has 0 saturated heterocycles. The molecule has 8 nitrogen and oxygen atoms in total. The van der Waals surface area contributed by atoms with Crippen molar-refractivity contribution in [3.8, 4) is 11.5 Å². The van der Waals surface area contributed by atoms with Gasteiger partial charge in [0.15, 0.2) is 18.1 Å². The molecule has 0 unspecified atom stereocenters. The van der Waals surface area contributed by atoms with Gasteiger partial charge in [-0.3, -0.25) is 4.79 Å². The van der Waals surface area contributed by atoms with E-state index in [1.54, 1.807) is 37.3 Å². The van der Waals surface area contributed by atoms with Crippen molar-refractivity contribution in [1.29, 1.82) is 0 Å². The van der Waals surface area contributed by atoms with E-state index in [9.17, 15) is 14.4 Å². The largest absolute Gasteiger partial charge is 0.462 e. The Hall–Kier alpha value is -3.33. The summed E-state index contributed by atoms with van der Waals surface area (Å²) in [4.78, 5) is 37.3. The lowest BCUT2D eigenvalue weighted by Crippen LogP contribution is -2.20. The van der Waals surface area contributed by atoms with Gasteiger partial charge in [-0.15, -0.1) is 11.3 Å². The fraction of sp³-hybridized carbons (Fsp3) is 0.318. The van der Waals surface area contributed by atoms with Crippen molar-refractivity contribution in [3.63, 3.8) is 0 Å². The smallest absolute Gasteiger partial charge is 0.341 e. The third-order valence-electron chi connectivity index (χ3n) is 4.22. The van der Waals surface area contributed by atoms with Crippen LogP contribution in [-0.2, 0) is 19.1 Å². The third kappa shape index (κ3) is 5.85. The maximum absolute atomic E-state index is 12.2. The maximum atomic E-state index is 12.2. The Labute approximate surface area is 183 Å². The van der Waals surface area contributed by atoms with Crippen molar-refractivity contribution in [2.45, 2.75) is 26.7 Å². The number of carbonyl (C=O) groups is 3. The van der Waals surface area contributed by atoms with Gasteiger partial charge < -0.3 is 24.3 Å². The van der Waals surface area contributed by atoms with Gasteiger partial charge in [-0.25, -0.2) is 9.59 Å². The fourth-order valence-corrected chi connectivity index (χ4v) is 3.74. The number of hydrogen-bond acceptors (Lipinski definition) is 8. The van der Waals surface area contributed by atoms with E-state index in [4.69, 9.17) is 18.9 Å². The van der Waals surface area contributed by atoms with Crippen LogP contribution in [-0.4, -0.2) is 37.9 Å². The first-order chi connectivity index (χ1) is 14.9. The number of benzene rings is 1. The molecule has 0 atom stereocenters. The van der Waals surface area contributed by atoms with E-state index in [1.807, 2.05) is 13.8 Å². The van der Waals surface area contributed by atoms with Gasteiger partial charge in [-0.1, -0.05) is 19.9 Å². The molecule has 2 aromatic rings. The number of thiophene rings is 1. The molecule has 1 aromatic carbocycles. The summed E-state index contributed by atoms with van der Waals surface area (Å²) < 4.78 is 20.6. The molecule has 164 valence electrons. The summed E-state index contributed by atoms with van der Waals surface area (Å²) in [7, 11) is 0. The Morgan fingerprint density at radius 3 is 2.68 bits per heavy atom. The van der Waals surface area contributed by atoms with E-state index in [0.717, 1.165) is 10.4 Å². The van der Waals surface area contributed by atoms with Crippen LogP contribution in [0.3, 0.4) is 0 Å². The van der Waals surface area contributed by atoms with Crippen molar-refractivity contribution >= 4 is 40.3 Å². The van der Waals surface area contributed by atoms with Crippen LogP contribution in [0.25, 0.3) is 6.08 Å². The van der Waals surface area contributed by atoms with Gasteiger partial charge in [0.25, 0.3) is 5.91 Å². The zero-order valence-corrected chi connectivity index (χ0v) is 18.2. The number of fused-ring (bicyclic) bond motifs is 1. The molecule has 0 spiro atoms. The van der Waals surface area contributed by atoms with E-state index in [-0.39, 0.29) is 24.9 Å². The number of ether oxygens (including phenoxy) is 4. The fourth-order valence-electron chi connectivity index (χ4n) is 2.68. The van der Waals surface area contributed by atoms with Crippen LogP contribution < -0.4 is 14.8 Å². The predicted octanol–water partition coefficient (Wildman–Crippen LogP) is 3.97. The zero-order valence-electron chi connectivity index (χ0n) is 17.4. The minimum Gasteiger partial charge on any atom is -0.462 e. The van der Waals surface area contributed by atoms with Crippen LogP contribution in [0.5, 0.6) is 11.5 Å². The van der Waals surface area contributed by atoms with Gasteiger partial charge in [0.05, 0.1) is 12.2 Å². The maximum Gasteiger partial charge on any atom is 0.341 e. The molecule has 0 radical (unpaired) electrons. The van der Waals surface area contributed by atoms with Gasteiger partial charge in [0.1, 0.15) is 5.00 Å². The van der Waals surface area contributed by atoms with Crippen molar-refractivity contribution in [1.82, 2.24) is 0 Å². The summed E-state index contributed by atoms with van der Waals surface area (Å²) in [6.07, 6.45) is 2.77. The quantitative estimate of drug-likeness (QED) is 0.485. The highest BCUT2D eigenvalue weighted by atomic mass is 32.1. The Bertz CT molecular complexity index is 1010. The second-order valence-electron chi connectivity index (χ2n) is 6.87. The number of nitrogens with one attached hydrogen (secondary N) is 1. The van der Waals surface area contributed by atoms with Crippen molar-refractivity contribution in [3.05, 3.63) is 46.3 Å². The van der Waals surface area contributed by atoms with Crippen molar-refractivity contribution < 1.29 is 33.3 Å². The van der Waals surface area contributed by atoms with E-state index >= 15 is 0 Å². The highest BCUT2D eigenvalue weighted by Crippen LogP contribution is 2.34. The van der Waals surface area contributed by atoms with Crippen LogP contribution >= 0.6 is 11.3 Å². The van der Waals surface area contributed by atoms with Gasteiger partial charge in [-0.05, 0) is 42.7 Å². The topological polar surface area (TPSA) is 100 Å². The molecule has 0 aliphatic carbocycles. The summed E-state index contributed by atoms with van der Waals surface area (Å²) in [6.45, 7) is 5.60. The molecule has 0 saturated carbocycles. The molecule has 1 aromatic heterocycles. The Morgan fingerprint density at radius 1 is 1.16 bits per heavy atom. The summed E-state index contributed by atoms with van der Waals surface area (Å²) in [5.74, 6) is -0.301. The van der Waals surface area contributed by atoms with E-state index in [0.29, 0.717) is 16.5 Å². The molecule has 0 bridgehead atoms. The van der Waals surface area contributed by atoms with Crippen LogP contribution in [0, 0.1) is 0 Å². The highest BCUT2D eigenvalue weighted by molar-refractivity contribution is 7.16. The molecular weight excluding hydrogens is 422 g/mol. The number of rotatable bonds is 8.